The molecule has 0 saturated carbocycles. The van der Waals surface area contributed by atoms with Gasteiger partial charge in [-0.3, -0.25) is 0 Å². The Labute approximate surface area is 139 Å². The molecular weight excluding hydrogens is 298 g/mol. The number of benzene rings is 3. The number of phenolic OH excluding ortho intramolecular Hbond substituents is 1. The molecule has 0 amide bonds. The van der Waals surface area contributed by atoms with Crippen molar-refractivity contribution in [3.05, 3.63) is 85.1 Å². The summed E-state index contributed by atoms with van der Waals surface area (Å²) in [7, 11) is 0. The molecule has 116 valence electrons. The molecule has 0 atom stereocenters. The molecular formula is C21H15NO2. The molecule has 1 aromatic heterocycles. The zero-order chi connectivity index (χ0) is 16.4. The summed E-state index contributed by atoms with van der Waals surface area (Å²) in [5.74, 6) is 1.39. The van der Waals surface area contributed by atoms with E-state index in [1.54, 1.807) is 24.4 Å². The van der Waals surface area contributed by atoms with Crippen LogP contribution in [0.3, 0.4) is 0 Å². The highest BCUT2D eigenvalue weighted by atomic mass is 16.4. The van der Waals surface area contributed by atoms with Crippen LogP contribution in [0.15, 0.2) is 89.5 Å². The summed E-state index contributed by atoms with van der Waals surface area (Å²) in [6.45, 7) is 0. The Morgan fingerprint density at radius 3 is 2.08 bits per heavy atom. The van der Waals surface area contributed by atoms with Crippen LogP contribution in [0.25, 0.3) is 33.9 Å². The Hall–Kier alpha value is -3.33. The quantitative estimate of drug-likeness (QED) is 0.552. The Balaban J connectivity index is 1.63. The van der Waals surface area contributed by atoms with Gasteiger partial charge < -0.3 is 9.52 Å². The summed E-state index contributed by atoms with van der Waals surface area (Å²) in [4.78, 5) is 4.31. The van der Waals surface area contributed by atoms with Gasteiger partial charge in [-0.15, -0.1) is 0 Å². The van der Waals surface area contributed by atoms with Gasteiger partial charge in [0.1, 0.15) is 5.75 Å². The second-order valence-electron chi connectivity index (χ2n) is 5.52. The number of hydrogen-bond acceptors (Lipinski definition) is 3. The zero-order valence-electron chi connectivity index (χ0n) is 12.9. The van der Waals surface area contributed by atoms with E-state index < -0.39 is 0 Å². The number of rotatable bonds is 3. The first-order chi connectivity index (χ1) is 11.8. The monoisotopic (exact) mass is 313 g/mol. The third-order valence-corrected chi connectivity index (χ3v) is 3.88. The van der Waals surface area contributed by atoms with Crippen LogP contribution >= 0.6 is 0 Å². The fraction of sp³-hybridized carbons (Fsp3) is 0. The van der Waals surface area contributed by atoms with Crippen molar-refractivity contribution >= 4 is 0 Å². The van der Waals surface area contributed by atoms with E-state index in [9.17, 15) is 5.11 Å². The van der Waals surface area contributed by atoms with Gasteiger partial charge in [-0.25, -0.2) is 4.98 Å². The molecule has 3 heteroatoms. The lowest BCUT2D eigenvalue weighted by Gasteiger charge is -2.02. The number of aromatic hydroxyl groups is 1. The summed E-state index contributed by atoms with van der Waals surface area (Å²) in [5, 5.41) is 9.57. The number of aromatic nitrogens is 1. The zero-order valence-corrected chi connectivity index (χ0v) is 12.9. The lowest BCUT2D eigenvalue weighted by atomic mass is 10.0. The number of nitrogens with zero attached hydrogens (tertiary/aromatic N) is 1. The fourth-order valence-electron chi connectivity index (χ4n) is 2.64. The van der Waals surface area contributed by atoms with Crippen molar-refractivity contribution in [1.29, 1.82) is 0 Å². The van der Waals surface area contributed by atoms with Gasteiger partial charge >= 0.3 is 0 Å². The highest BCUT2D eigenvalue weighted by molar-refractivity contribution is 5.68. The summed E-state index contributed by atoms with van der Waals surface area (Å²) in [6.07, 6.45) is 1.71. The number of oxazole rings is 1. The van der Waals surface area contributed by atoms with E-state index in [1.807, 2.05) is 36.4 Å². The molecule has 4 aromatic rings. The highest BCUT2D eigenvalue weighted by Gasteiger charge is 2.09. The molecule has 0 radical (unpaired) electrons. The number of hydrogen-bond donors (Lipinski definition) is 1. The van der Waals surface area contributed by atoms with Crippen LogP contribution in [-0.2, 0) is 0 Å². The SMILES string of the molecule is Oc1cccc(-c2ncc(-c3ccc(-c4ccccc4)cc3)o2)c1. The van der Waals surface area contributed by atoms with Crippen molar-refractivity contribution in [3.8, 4) is 39.7 Å². The maximum Gasteiger partial charge on any atom is 0.226 e. The van der Waals surface area contributed by atoms with E-state index in [0.29, 0.717) is 11.7 Å². The second kappa shape index (κ2) is 6.05. The van der Waals surface area contributed by atoms with Gasteiger partial charge in [-0.2, -0.15) is 0 Å². The average Bonchev–Trinajstić information content (AvgIpc) is 3.13. The Bertz CT molecular complexity index is 957. The highest BCUT2D eigenvalue weighted by Crippen LogP contribution is 2.29. The van der Waals surface area contributed by atoms with Crippen LogP contribution in [0.1, 0.15) is 0 Å². The molecule has 1 heterocycles. The maximum atomic E-state index is 9.57. The van der Waals surface area contributed by atoms with E-state index in [-0.39, 0.29) is 5.75 Å². The predicted molar refractivity (Wildman–Crippen MR) is 94.5 cm³/mol. The van der Waals surface area contributed by atoms with Crippen LogP contribution in [-0.4, -0.2) is 10.1 Å². The van der Waals surface area contributed by atoms with E-state index in [1.165, 1.54) is 5.56 Å². The normalized spacial score (nSPS) is 10.7. The smallest absolute Gasteiger partial charge is 0.226 e. The van der Waals surface area contributed by atoms with Crippen molar-refractivity contribution in [3.63, 3.8) is 0 Å². The molecule has 0 fully saturated rings. The minimum Gasteiger partial charge on any atom is -0.508 e. The fourth-order valence-corrected chi connectivity index (χ4v) is 2.64. The lowest BCUT2D eigenvalue weighted by Crippen LogP contribution is -1.78. The molecule has 1 N–H and O–H groups in total. The molecule has 3 aromatic carbocycles. The molecule has 0 saturated heterocycles. The molecule has 4 rings (SSSR count). The van der Waals surface area contributed by atoms with E-state index in [4.69, 9.17) is 4.42 Å². The Morgan fingerprint density at radius 2 is 1.33 bits per heavy atom. The van der Waals surface area contributed by atoms with Crippen LogP contribution in [0.4, 0.5) is 0 Å². The van der Waals surface area contributed by atoms with Crippen LogP contribution in [0.5, 0.6) is 5.75 Å². The molecule has 0 aliphatic heterocycles. The minimum atomic E-state index is 0.194. The first-order valence-corrected chi connectivity index (χ1v) is 7.71. The standard InChI is InChI=1S/C21H15NO2/c23-19-8-4-7-18(13-19)21-22-14-20(24-21)17-11-9-16(10-12-17)15-5-2-1-3-6-15/h1-14,23H. The van der Waals surface area contributed by atoms with Gasteiger partial charge in [0.25, 0.3) is 0 Å². The van der Waals surface area contributed by atoms with Crippen molar-refractivity contribution < 1.29 is 9.52 Å². The van der Waals surface area contributed by atoms with E-state index >= 15 is 0 Å². The molecule has 0 spiro atoms. The lowest BCUT2D eigenvalue weighted by molar-refractivity contribution is 0.475. The van der Waals surface area contributed by atoms with Gasteiger partial charge in [0, 0.05) is 11.1 Å². The molecule has 24 heavy (non-hydrogen) atoms. The first kappa shape index (κ1) is 14.3. The van der Waals surface area contributed by atoms with Gasteiger partial charge in [0.15, 0.2) is 5.76 Å². The van der Waals surface area contributed by atoms with Gasteiger partial charge in [0.05, 0.1) is 6.20 Å². The van der Waals surface area contributed by atoms with Crippen molar-refractivity contribution in [1.82, 2.24) is 4.98 Å². The molecule has 0 aliphatic rings. The summed E-state index contributed by atoms with van der Waals surface area (Å²) in [5.41, 5.74) is 4.06. The predicted octanol–water partition coefficient (Wildman–Crippen LogP) is 5.38. The Kier molecular flexibility index (Phi) is 3.60. The van der Waals surface area contributed by atoms with Crippen LogP contribution in [0.2, 0.25) is 0 Å². The van der Waals surface area contributed by atoms with Crippen LogP contribution in [0, 0.1) is 0 Å². The molecule has 0 unspecified atom stereocenters. The summed E-state index contributed by atoms with van der Waals surface area (Å²) in [6, 6.07) is 25.3. The van der Waals surface area contributed by atoms with Gasteiger partial charge in [0.2, 0.25) is 5.89 Å². The van der Waals surface area contributed by atoms with Crippen molar-refractivity contribution in [2.24, 2.45) is 0 Å². The third-order valence-electron chi connectivity index (χ3n) is 3.88. The average molecular weight is 313 g/mol. The molecule has 0 aliphatic carbocycles. The minimum absolute atomic E-state index is 0.194. The van der Waals surface area contributed by atoms with E-state index in [2.05, 4.69) is 29.2 Å². The number of phenols is 1. The van der Waals surface area contributed by atoms with E-state index in [0.717, 1.165) is 16.7 Å². The maximum absolute atomic E-state index is 9.57. The Morgan fingerprint density at radius 1 is 0.667 bits per heavy atom. The molecule has 3 nitrogen and oxygen atoms in total. The van der Waals surface area contributed by atoms with Crippen LogP contribution < -0.4 is 0 Å². The van der Waals surface area contributed by atoms with Crippen molar-refractivity contribution in [2.75, 3.05) is 0 Å². The first-order valence-electron chi connectivity index (χ1n) is 7.71. The summed E-state index contributed by atoms with van der Waals surface area (Å²) >= 11 is 0. The summed E-state index contributed by atoms with van der Waals surface area (Å²) < 4.78 is 5.83. The van der Waals surface area contributed by atoms with Gasteiger partial charge in [-0.1, -0.05) is 60.7 Å². The van der Waals surface area contributed by atoms with Gasteiger partial charge in [-0.05, 0) is 29.3 Å². The topological polar surface area (TPSA) is 46.3 Å². The molecule has 0 bridgehead atoms. The third kappa shape index (κ3) is 2.79. The second-order valence-corrected chi connectivity index (χ2v) is 5.52. The van der Waals surface area contributed by atoms with Crippen molar-refractivity contribution in [2.45, 2.75) is 0 Å². The largest absolute Gasteiger partial charge is 0.508 e.